The lowest BCUT2D eigenvalue weighted by molar-refractivity contribution is 0.0729. The summed E-state index contributed by atoms with van der Waals surface area (Å²) in [6.07, 6.45) is 2.94. The van der Waals surface area contributed by atoms with Crippen LogP contribution in [0, 0.1) is 6.92 Å². The lowest BCUT2D eigenvalue weighted by Crippen LogP contribution is -2.17. The highest BCUT2D eigenvalue weighted by atomic mass is 79.9. The molecule has 0 fully saturated rings. The number of pyridine rings is 1. The number of ether oxygens (including phenoxy) is 2. The van der Waals surface area contributed by atoms with Gasteiger partial charge < -0.3 is 9.47 Å². The van der Waals surface area contributed by atoms with E-state index in [2.05, 4.69) is 31.4 Å². The summed E-state index contributed by atoms with van der Waals surface area (Å²) in [6, 6.07) is 15.2. The van der Waals surface area contributed by atoms with Gasteiger partial charge in [-0.25, -0.2) is 10.2 Å². The van der Waals surface area contributed by atoms with Crippen molar-refractivity contribution >= 4 is 34.0 Å². The van der Waals surface area contributed by atoms with Crippen molar-refractivity contribution in [2.45, 2.75) is 6.92 Å². The average molecular weight is 468 g/mol. The summed E-state index contributed by atoms with van der Waals surface area (Å²) in [7, 11) is 1.47. The van der Waals surface area contributed by atoms with Crippen LogP contribution in [0.25, 0.3) is 0 Å². The van der Waals surface area contributed by atoms with Crippen molar-refractivity contribution in [3.05, 3.63) is 87.7 Å². The van der Waals surface area contributed by atoms with Crippen LogP contribution >= 0.6 is 15.9 Å². The third kappa shape index (κ3) is 5.51. The number of hydrogen-bond donors (Lipinski definition) is 1. The van der Waals surface area contributed by atoms with Crippen molar-refractivity contribution in [3.63, 3.8) is 0 Å². The SMILES string of the molecule is COc1cc(/C=N/NC(=O)c2ccc(C)nc2)ccc1OC(=O)c1ccc(Br)cc1. The largest absolute Gasteiger partial charge is 0.493 e. The van der Waals surface area contributed by atoms with E-state index in [0.717, 1.165) is 10.2 Å². The summed E-state index contributed by atoms with van der Waals surface area (Å²) < 4.78 is 11.6. The van der Waals surface area contributed by atoms with Crippen LogP contribution in [0.3, 0.4) is 0 Å². The Morgan fingerprint density at radius 2 is 1.77 bits per heavy atom. The van der Waals surface area contributed by atoms with E-state index in [9.17, 15) is 9.59 Å². The normalized spacial score (nSPS) is 10.6. The maximum absolute atomic E-state index is 12.3. The molecule has 0 atom stereocenters. The molecule has 0 aliphatic rings. The molecular weight excluding hydrogens is 450 g/mol. The summed E-state index contributed by atoms with van der Waals surface area (Å²) in [6.45, 7) is 1.84. The number of benzene rings is 2. The number of methoxy groups -OCH3 is 1. The molecule has 1 heterocycles. The monoisotopic (exact) mass is 467 g/mol. The third-order valence-electron chi connectivity index (χ3n) is 4.02. The molecule has 3 rings (SSSR count). The minimum Gasteiger partial charge on any atom is -0.493 e. The number of esters is 1. The Hall–Kier alpha value is -3.52. The summed E-state index contributed by atoms with van der Waals surface area (Å²) in [5, 5.41) is 3.94. The summed E-state index contributed by atoms with van der Waals surface area (Å²) >= 11 is 3.32. The fourth-order valence-electron chi connectivity index (χ4n) is 2.43. The maximum Gasteiger partial charge on any atom is 0.343 e. The van der Waals surface area contributed by atoms with Crippen LogP contribution in [-0.4, -0.2) is 30.2 Å². The fraction of sp³-hybridized carbons (Fsp3) is 0.0909. The zero-order chi connectivity index (χ0) is 21.5. The molecule has 1 amide bonds. The number of hydrogen-bond acceptors (Lipinski definition) is 6. The van der Waals surface area contributed by atoms with Crippen LogP contribution in [0.4, 0.5) is 0 Å². The molecule has 0 radical (unpaired) electrons. The molecule has 2 aromatic carbocycles. The lowest BCUT2D eigenvalue weighted by Gasteiger charge is -2.10. The molecule has 1 N–H and O–H groups in total. The summed E-state index contributed by atoms with van der Waals surface area (Å²) in [4.78, 5) is 28.4. The van der Waals surface area contributed by atoms with Gasteiger partial charge in [-0.1, -0.05) is 15.9 Å². The molecule has 7 nitrogen and oxygen atoms in total. The van der Waals surface area contributed by atoms with Crippen molar-refractivity contribution in [1.29, 1.82) is 0 Å². The van der Waals surface area contributed by atoms with Crippen LogP contribution in [0.15, 0.2) is 70.4 Å². The topological polar surface area (TPSA) is 89.9 Å². The number of nitrogens with one attached hydrogen (secondary N) is 1. The number of halogens is 1. The molecule has 0 spiro atoms. The van der Waals surface area contributed by atoms with Gasteiger partial charge in [0.25, 0.3) is 5.91 Å². The molecule has 30 heavy (non-hydrogen) atoms. The molecule has 1 aromatic heterocycles. The number of hydrazone groups is 1. The van der Waals surface area contributed by atoms with Gasteiger partial charge in [0.15, 0.2) is 11.5 Å². The Labute approximate surface area is 181 Å². The van der Waals surface area contributed by atoms with Gasteiger partial charge in [-0.3, -0.25) is 9.78 Å². The van der Waals surface area contributed by atoms with E-state index in [1.807, 2.05) is 6.92 Å². The predicted molar refractivity (Wildman–Crippen MR) is 116 cm³/mol. The highest BCUT2D eigenvalue weighted by Crippen LogP contribution is 2.28. The van der Waals surface area contributed by atoms with Gasteiger partial charge >= 0.3 is 5.97 Å². The number of carbonyl (C=O) groups is 2. The molecule has 0 bridgehead atoms. The first kappa shape index (κ1) is 21.2. The van der Waals surface area contributed by atoms with Crippen LogP contribution in [0.2, 0.25) is 0 Å². The van der Waals surface area contributed by atoms with E-state index < -0.39 is 5.97 Å². The molecule has 3 aromatic rings. The Morgan fingerprint density at radius 3 is 2.43 bits per heavy atom. The number of carbonyl (C=O) groups excluding carboxylic acids is 2. The molecule has 0 aliphatic carbocycles. The Bertz CT molecular complexity index is 1080. The van der Waals surface area contributed by atoms with Gasteiger partial charge in [-0.05, 0) is 67.1 Å². The van der Waals surface area contributed by atoms with Gasteiger partial charge in [0, 0.05) is 16.4 Å². The van der Waals surface area contributed by atoms with E-state index in [1.165, 1.54) is 19.5 Å². The van der Waals surface area contributed by atoms with Crippen LogP contribution in [-0.2, 0) is 0 Å². The minimum absolute atomic E-state index is 0.275. The number of nitrogens with zero attached hydrogens (tertiary/aromatic N) is 2. The molecule has 0 saturated carbocycles. The third-order valence-corrected chi connectivity index (χ3v) is 4.55. The number of aryl methyl sites for hydroxylation is 1. The molecule has 0 saturated heterocycles. The fourth-order valence-corrected chi connectivity index (χ4v) is 2.69. The first-order chi connectivity index (χ1) is 14.5. The second-order valence-electron chi connectivity index (χ2n) is 6.19. The highest BCUT2D eigenvalue weighted by Gasteiger charge is 2.13. The van der Waals surface area contributed by atoms with E-state index >= 15 is 0 Å². The lowest BCUT2D eigenvalue weighted by atomic mass is 10.2. The van der Waals surface area contributed by atoms with Gasteiger partial charge in [0.05, 0.1) is 24.5 Å². The quantitative estimate of drug-likeness (QED) is 0.254. The minimum atomic E-state index is -0.499. The van der Waals surface area contributed by atoms with Gasteiger partial charge in [0.1, 0.15) is 0 Å². The number of amides is 1. The van der Waals surface area contributed by atoms with Crippen molar-refractivity contribution < 1.29 is 19.1 Å². The predicted octanol–water partition coefficient (Wildman–Crippen LogP) is 4.14. The summed E-state index contributed by atoms with van der Waals surface area (Å²) in [5.74, 6) is -0.234. The molecular formula is C22H18BrN3O4. The average Bonchev–Trinajstić information content (AvgIpc) is 2.75. The summed E-state index contributed by atoms with van der Waals surface area (Å²) in [5.41, 5.74) is 4.73. The Kier molecular flexibility index (Phi) is 6.92. The Morgan fingerprint density at radius 1 is 1.03 bits per heavy atom. The van der Waals surface area contributed by atoms with Crippen molar-refractivity contribution in [2.24, 2.45) is 5.10 Å². The molecule has 0 unspecified atom stereocenters. The van der Waals surface area contributed by atoms with E-state index in [0.29, 0.717) is 22.4 Å². The Balaban J connectivity index is 1.66. The number of rotatable bonds is 6. The second kappa shape index (κ2) is 9.80. The standard InChI is InChI=1S/C22H18BrN3O4/c1-14-3-5-17(13-24-14)21(27)26-25-12-15-4-10-19(20(11-15)29-2)30-22(28)16-6-8-18(23)9-7-16/h3-13H,1-2H3,(H,26,27)/b25-12+. The van der Waals surface area contributed by atoms with Crippen molar-refractivity contribution in [2.75, 3.05) is 7.11 Å². The van der Waals surface area contributed by atoms with Gasteiger partial charge in [-0.15, -0.1) is 0 Å². The van der Waals surface area contributed by atoms with Gasteiger partial charge in [-0.2, -0.15) is 5.10 Å². The molecule has 152 valence electrons. The highest BCUT2D eigenvalue weighted by molar-refractivity contribution is 9.10. The zero-order valence-electron chi connectivity index (χ0n) is 16.3. The van der Waals surface area contributed by atoms with Crippen molar-refractivity contribution in [3.8, 4) is 11.5 Å². The van der Waals surface area contributed by atoms with E-state index in [1.54, 1.807) is 54.6 Å². The van der Waals surface area contributed by atoms with Crippen LogP contribution in [0.5, 0.6) is 11.5 Å². The first-order valence-corrected chi connectivity index (χ1v) is 9.67. The van der Waals surface area contributed by atoms with Gasteiger partial charge in [0.2, 0.25) is 0 Å². The van der Waals surface area contributed by atoms with Crippen LogP contribution < -0.4 is 14.9 Å². The van der Waals surface area contributed by atoms with Crippen molar-refractivity contribution in [1.82, 2.24) is 10.4 Å². The smallest absolute Gasteiger partial charge is 0.343 e. The first-order valence-electron chi connectivity index (χ1n) is 8.88. The molecule has 0 aliphatic heterocycles. The van der Waals surface area contributed by atoms with E-state index in [4.69, 9.17) is 9.47 Å². The molecule has 8 heteroatoms. The zero-order valence-corrected chi connectivity index (χ0v) is 17.8. The second-order valence-corrected chi connectivity index (χ2v) is 7.11. The number of aromatic nitrogens is 1. The van der Waals surface area contributed by atoms with E-state index in [-0.39, 0.29) is 11.7 Å². The maximum atomic E-state index is 12.3. The van der Waals surface area contributed by atoms with Crippen LogP contribution in [0.1, 0.15) is 32.0 Å².